The molecular weight excluding hydrogens is 352 g/mol. The maximum absolute atomic E-state index is 14.1. The smallest absolute Gasteiger partial charge is 0.347 e. The lowest BCUT2D eigenvalue weighted by molar-refractivity contribution is -0.146. The zero-order valence-electron chi connectivity index (χ0n) is 14.7. The molecule has 1 rings (SSSR count). The van der Waals surface area contributed by atoms with Crippen molar-refractivity contribution in [1.29, 1.82) is 0 Å². The van der Waals surface area contributed by atoms with Crippen molar-refractivity contribution < 1.29 is 37.7 Å². The molecule has 1 atom stereocenters. The van der Waals surface area contributed by atoms with Crippen molar-refractivity contribution in [1.82, 2.24) is 0 Å². The zero-order valence-corrected chi connectivity index (χ0v) is 14.7. The van der Waals surface area contributed by atoms with Gasteiger partial charge < -0.3 is 24.6 Å². The van der Waals surface area contributed by atoms with Crippen LogP contribution in [0.25, 0.3) is 0 Å². The predicted octanol–water partition coefficient (Wildman–Crippen LogP) is 2.15. The average molecular weight is 373 g/mol. The fourth-order valence-corrected chi connectivity index (χ4v) is 1.73. The van der Waals surface area contributed by atoms with E-state index < -0.39 is 35.3 Å². The van der Waals surface area contributed by atoms with Crippen LogP contribution in [0, 0.1) is 11.6 Å². The van der Waals surface area contributed by atoms with E-state index in [9.17, 15) is 18.4 Å². The molecule has 1 unspecified atom stereocenters. The van der Waals surface area contributed by atoms with Crippen LogP contribution < -0.4 is 10.1 Å². The Morgan fingerprint density at radius 1 is 1.15 bits per heavy atom. The van der Waals surface area contributed by atoms with Crippen LogP contribution >= 0.6 is 0 Å². The Morgan fingerprint density at radius 2 is 1.73 bits per heavy atom. The summed E-state index contributed by atoms with van der Waals surface area (Å²) in [5, 5.41) is 11.5. The molecule has 0 radical (unpaired) electrons. The molecule has 0 amide bonds. The molecule has 0 aromatic heterocycles. The van der Waals surface area contributed by atoms with Gasteiger partial charge >= 0.3 is 11.9 Å². The highest BCUT2D eigenvalue weighted by Gasteiger charge is 2.22. The third-order valence-corrected chi connectivity index (χ3v) is 2.89. The first-order chi connectivity index (χ1) is 12.3. The third kappa shape index (κ3) is 5.99. The lowest BCUT2D eigenvalue weighted by atomic mass is 10.2. The second-order valence-corrected chi connectivity index (χ2v) is 5.04. The van der Waals surface area contributed by atoms with Gasteiger partial charge in [-0.1, -0.05) is 0 Å². The van der Waals surface area contributed by atoms with Gasteiger partial charge in [0.15, 0.2) is 17.1 Å². The summed E-state index contributed by atoms with van der Waals surface area (Å²) >= 11 is 0. The van der Waals surface area contributed by atoms with Gasteiger partial charge in [0.05, 0.1) is 25.0 Å². The molecule has 144 valence electrons. The number of carbonyl (C=O) groups is 2. The SMILES string of the molecule is CCOC(=O)C(=CNc1ccc(OCC(C)O)c(F)c1F)C(=O)OCC. The van der Waals surface area contributed by atoms with E-state index in [1.165, 1.54) is 6.92 Å². The molecule has 7 nitrogen and oxygen atoms in total. The van der Waals surface area contributed by atoms with Crippen LogP contribution in [0.3, 0.4) is 0 Å². The minimum absolute atomic E-state index is 0.0217. The summed E-state index contributed by atoms with van der Waals surface area (Å²) in [6.45, 7) is 4.37. The van der Waals surface area contributed by atoms with E-state index in [0.29, 0.717) is 0 Å². The lowest BCUT2D eigenvalue weighted by Crippen LogP contribution is -2.19. The second kappa shape index (κ2) is 10.3. The molecule has 26 heavy (non-hydrogen) atoms. The molecule has 1 aromatic carbocycles. The van der Waals surface area contributed by atoms with E-state index in [1.807, 2.05) is 0 Å². The molecule has 0 aliphatic rings. The first-order valence-electron chi connectivity index (χ1n) is 7.91. The largest absolute Gasteiger partial charge is 0.488 e. The number of rotatable bonds is 9. The van der Waals surface area contributed by atoms with Crippen molar-refractivity contribution in [2.24, 2.45) is 0 Å². The number of ether oxygens (including phenoxy) is 3. The van der Waals surface area contributed by atoms with E-state index in [2.05, 4.69) is 5.32 Å². The number of hydrogen-bond donors (Lipinski definition) is 2. The monoisotopic (exact) mass is 373 g/mol. The van der Waals surface area contributed by atoms with Gasteiger partial charge in [0, 0.05) is 6.20 Å². The summed E-state index contributed by atoms with van der Waals surface area (Å²) in [6, 6.07) is 2.30. The van der Waals surface area contributed by atoms with Gasteiger partial charge in [-0.05, 0) is 32.9 Å². The van der Waals surface area contributed by atoms with E-state index in [-0.39, 0.29) is 31.3 Å². The van der Waals surface area contributed by atoms with E-state index >= 15 is 0 Å². The molecule has 0 bridgehead atoms. The van der Waals surface area contributed by atoms with Crippen molar-refractivity contribution in [2.75, 3.05) is 25.1 Å². The first-order valence-corrected chi connectivity index (χ1v) is 7.91. The molecule has 2 N–H and O–H groups in total. The number of carbonyl (C=O) groups excluding carboxylic acids is 2. The number of aliphatic hydroxyl groups is 1. The average Bonchev–Trinajstić information content (AvgIpc) is 2.58. The number of esters is 2. The highest BCUT2D eigenvalue weighted by Crippen LogP contribution is 2.26. The minimum Gasteiger partial charge on any atom is -0.488 e. The summed E-state index contributed by atoms with van der Waals surface area (Å²) in [6.07, 6.45) is 0.0272. The molecular formula is C17H21F2NO6. The maximum atomic E-state index is 14.1. The number of hydrogen-bond acceptors (Lipinski definition) is 7. The fraction of sp³-hybridized carbons (Fsp3) is 0.412. The summed E-state index contributed by atoms with van der Waals surface area (Å²) in [5.74, 6) is -4.87. The van der Waals surface area contributed by atoms with Crippen LogP contribution in [0.1, 0.15) is 20.8 Å². The molecule has 0 spiro atoms. The zero-order chi connectivity index (χ0) is 19.7. The second-order valence-electron chi connectivity index (χ2n) is 5.04. The molecule has 0 saturated carbocycles. The van der Waals surface area contributed by atoms with Crippen LogP contribution in [0.2, 0.25) is 0 Å². The fourth-order valence-electron chi connectivity index (χ4n) is 1.73. The molecule has 0 heterocycles. The Bertz CT molecular complexity index is 655. The molecule has 0 saturated heterocycles. The van der Waals surface area contributed by atoms with Crippen LogP contribution in [0.15, 0.2) is 23.9 Å². The highest BCUT2D eigenvalue weighted by molar-refractivity contribution is 6.14. The predicted molar refractivity (Wildman–Crippen MR) is 88.5 cm³/mol. The Labute approximate surface area is 149 Å². The first kappa shape index (κ1) is 21.4. The number of nitrogens with one attached hydrogen (secondary N) is 1. The Morgan fingerprint density at radius 3 is 2.23 bits per heavy atom. The highest BCUT2D eigenvalue weighted by atomic mass is 19.2. The van der Waals surface area contributed by atoms with Crippen molar-refractivity contribution in [2.45, 2.75) is 26.9 Å². The van der Waals surface area contributed by atoms with Gasteiger partial charge in [-0.2, -0.15) is 4.39 Å². The van der Waals surface area contributed by atoms with Gasteiger partial charge in [0.1, 0.15) is 6.61 Å². The molecule has 1 aromatic rings. The van der Waals surface area contributed by atoms with Crippen molar-refractivity contribution in [3.05, 3.63) is 35.5 Å². The molecule has 9 heteroatoms. The number of benzene rings is 1. The minimum atomic E-state index is -1.28. The van der Waals surface area contributed by atoms with Crippen molar-refractivity contribution in [3.63, 3.8) is 0 Å². The summed E-state index contributed by atoms with van der Waals surface area (Å²) in [7, 11) is 0. The molecule has 0 aliphatic carbocycles. The third-order valence-electron chi connectivity index (χ3n) is 2.89. The molecule has 0 aliphatic heterocycles. The van der Waals surface area contributed by atoms with Gasteiger partial charge in [0.2, 0.25) is 5.82 Å². The maximum Gasteiger partial charge on any atom is 0.347 e. The van der Waals surface area contributed by atoms with Crippen LogP contribution in [0.5, 0.6) is 5.75 Å². The quantitative estimate of drug-likeness (QED) is 0.296. The number of halogens is 2. The molecule has 0 fully saturated rings. The van der Waals surface area contributed by atoms with Gasteiger partial charge in [-0.25, -0.2) is 14.0 Å². The Kier molecular flexibility index (Phi) is 8.50. The van der Waals surface area contributed by atoms with Crippen LogP contribution in [-0.4, -0.2) is 43.0 Å². The lowest BCUT2D eigenvalue weighted by Gasteiger charge is -2.12. The topological polar surface area (TPSA) is 94.1 Å². The van der Waals surface area contributed by atoms with E-state index in [1.54, 1.807) is 13.8 Å². The van der Waals surface area contributed by atoms with E-state index in [0.717, 1.165) is 18.3 Å². The summed E-state index contributed by atoms with van der Waals surface area (Å²) in [4.78, 5) is 23.6. The standard InChI is InChI=1S/C17H21F2NO6/c1-4-24-16(22)11(17(23)25-5-2)8-20-12-6-7-13(15(19)14(12)18)26-9-10(3)21/h6-8,10,20-21H,4-5,9H2,1-3H3. The van der Waals surface area contributed by atoms with E-state index in [4.69, 9.17) is 19.3 Å². The van der Waals surface area contributed by atoms with Crippen molar-refractivity contribution in [3.8, 4) is 5.75 Å². The van der Waals surface area contributed by atoms with Crippen LogP contribution in [0.4, 0.5) is 14.5 Å². The Hall–Kier alpha value is -2.68. The normalized spacial score (nSPS) is 11.3. The number of aliphatic hydroxyl groups excluding tert-OH is 1. The van der Waals surface area contributed by atoms with Gasteiger partial charge in [0.25, 0.3) is 0 Å². The summed E-state index contributed by atoms with van der Waals surface area (Å²) in [5.41, 5.74) is -0.832. The number of anilines is 1. The van der Waals surface area contributed by atoms with Gasteiger partial charge in [-0.15, -0.1) is 0 Å². The summed E-state index contributed by atoms with van der Waals surface area (Å²) < 4.78 is 42.5. The Balaban J connectivity index is 3.03. The van der Waals surface area contributed by atoms with Gasteiger partial charge in [-0.3, -0.25) is 0 Å². The van der Waals surface area contributed by atoms with Crippen LogP contribution in [-0.2, 0) is 19.1 Å². The van der Waals surface area contributed by atoms with Crippen molar-refractivity contribution >= 4 is 17.6 Å².